The van der Waals surface area contributed by atoms with Gasteiger partial charge in [-0.2, -0.15) is 17.6 Å². The predicted octanol–water partition coefficient (Wildman–Crippen LogP) is 9.34. The van der Waals surface area contributed by atoms with Gasteiger partial charge in [0.15, 0.2) is 0 Å². The van der Waals surface area contributed by atoms with Gasteiger partial charge in [-0.15, -0.1) is 0 Å². The fourth-order valence-electron chi connectivity index (χ4n) is 5.22. The van der Waals surface area contributed by atoms with Crippen LogP contribution < -0.4 is 0 Å². The van der Waals surface area contributed by atoms with E-state index in [-0.39, 0.29) is 24.0 Å². The third-order valence-corrected chi connectivity index (χ3v) is 7.23. The van der Waals surface area contributed by atoms with E-state index >= 15 is 22.0 Å². The van der Waals surface area contributed by atoms with E-state index < -0.39 is 34.6 Å². The molecule has 1 aliphatic carbocycles. The molecule has 0 unspecified atom stereocenters. The van der Waals surface area contributed by atoms with Gasteiger partial charge in [-0.1, -0.05) is 83.1 Å². The number of aryl methyl sites for hydroxylation is 2. The number of rotatable bonds is 10. The van der Waals surface area contributed by atoms with Gasteiger partial charge >= 0.3 is 11.8 Å². The highest BCUT2D eigenvalue weighted by molar-refractivity contribution is 5.37. The fraction of sp³-hybridized carbons (Fsp3) is 0.571. The van der Waals surface area contributed by atoms with Crippen molar-refractivity contribution in [2.75, 3.05) is 0 Å². The van der Waals surface area contributed by atoms with Gasteiger partial charge in [0.1, 0.15) is 11.6 Å². The summed E-state index contributed by atoms with van der Waals surface area (Å²) in [6.45, 7) is 3.90. The zero-order chi connectivity index (χ0) is 24.9. The van der Waals surface area contributed by atoms with Crippen LogP contribution in [0.4, 0.5) is 26.3 Å². The minimum absolute atomic E-state index is 0.00358. The van der Waals surface area contributed by atoms with Crippen LogP contribution >= 0.6 is 0 Å². The van der Waals surface area contributed by atoms with Crippen molar-refractivity contribution in [1.82, 2.24) is 0 Å². The summed E-state index contributed by atoms with van der Waals surface area (Å²) in [5, 5.41) is 0. The molecular formula is C28H34F6. The first kappa shape index (κ1) is 26.6. The molecule has 0 atom stereocenters. The van der Waals surface area contributed by atoms with Crippen molar-refractivity contribution < 1.29 is 26.3 Å². The van der Waals surface area contributed by atoms with Gasteiger partial charge in [-0.25, -0.2) is 8.78 Å². The van der Waals surface area contributed by atoms with E-state index in [0.29, 0.717) is 30.9 Å². The van der Waals surface area contributed by atoms with Crippen LogP contribution in [0.25, 0.3) is 0 Å². The molecule has 0 bridgehead atoms. The Balaban J connectivity index is 1.80. The summed E-state index contributed by atoms with van der Waals surface area (Å²) in [7, 11) is 0. The third kappa shape index (κ3) is 5.46. The monoisotopic (exact) mass is 484 g/mol. The highest BCUT2D eigenvalue weighted by Gasteiger charge is 2.61. The minimum atomic E-state index is -4.91. The molecule has 0 aromatic heterocycles. The molecule has 0 aliphatic heterocycles. The highest BCUT2D eigenvalue weighted by atomic mass is 19.3. The Kier molecular flexibility index (Phi) is 8.75. The zero-order valence-electron chi connectivity index (χ0n) is 20.0. The maximum atomic E-state index is 15.1. The topological polar surface area (TPSA) is 0 Å². The fourth-order valence-corrected chi connectivity index (χ4v) is 5.22. The van der Waals surface area contributed by atoms with Crippen molar-refractivity contribution in [3.63, 3.8) is 0 Å². The van der Waals surface area contributed by atoms with Crippen molar-refractivity contribution in [3.8, 4) is 0 Å². The van der Waals surface area contributed by atoms with Crippen molar-refractivity contribution >= 4 is 0 Å². The van der Waals surface area contributed by atoms with E-state index in [4.69, 9.17) is 0 Å². The van der Waals surface area contributed by atoms with Gasteiger partial charge in [0.2, 0.25) is 0 Å². The molecule has 1 aliphatic rings. The molecule has 0 N–H and O–H groups in total. The van der Waals surface area contributed by atoms with Gasteiger partial charge in [-0.3, -0.25) is 0 Å². The molecule has 3 rings (SSSR count). The Bertz CT molecular complexity index is 944. The number of hydrogen-bond acceptors (Lipinski definition) is 0. The number of alkyl halides is 4. The largest absolute Gasteiger partial charge is 0.342 e. The number of benzene rings is 2. The molecule has 0 amide bonds. The van der Waals surface area contributed by atoms with E-state index in [1.54, 1.807) is 6.92 Å². The molecule has 2 aromatic rings. The maximum Gasteiger partial charge on any atom is 0.342 e. The van der Waals surface area contributed by atoms with Crippen LogP contribution in [0.15, 0.2) is 36.4 Å². The van der Waals surface area contributed by atoms with E-state index in [9.17, 15) is 4.39 Å². The van der Waals surface area contributed by atoms with Gasteiger partial charge in [0.25, 0.3) is 0 Å². The SMILES string of the molecule is CCCc1cccc(C(F)(F)C(F)(F)c2cccc(CCC3CCC(CCC)CC3)c2F)c1F. The summed E-state index contributed by atoms with van der Waals surface area (Å²) in [4.78, 5) is 0. The molecule has 0 radical (unpaired) electrons. The molecule has 1 saturated carbocycles. The molecule has 188 valence electrons. The first-order chi connectivity index (χ1) is 16.1. The minimum Gasteiger partial charge on any atom is -0.206 e. The first-order valence-electron chi connectivity index (χ1n) is 12.4. The third-order valence-electron chi connectivity index (χ3n) is 7.23. The van der Waals surface area contributed by atoms with Gasteiger partial charge in [0, 0.05) is 0 Å². The van der Waals surface area contributed by atoms with Crippen LogP contribution in [0, 0.1) is 23.5 Å². The molecule has 34 heavy (non-hydrogen) atoms. The van der Waals surface area contributed by atoms with E-state index in [0.717, 1.165) is 44.1 Å². The average molecular weight is 485 g/mol. The lowest BCUT2D eigenvalue weighted by Gasteiger charge is -2.29. The summed E-state index contributed by atoms with van der Waals surface area (Å²) in [5.74, 6) is -11.4. The predicted molar refractivity (Wildman–Crippen MR) is 123 cm³/mol. The summed E-state index contributed by atoms with van der Waals surface area (Å²) >= 11 is 0. The summed E-state index contributed by atoms with van der Waals surface area (Å²) in [6.07, 6.45) is 8.10. The molecule has 2 aromatic carbocycles. The quantitative estimate of drug-likeness (QED) is 0.295. The van der Waals surface area contributed by atoms with Crippen LogP contribution in [0.1, 0.15) is 87.5 Å². The second-order valence-corrected chi connectivity index (χ2v) is 9.67. The van der Waals surface area contributed by atoms with Gasteiger partial charge < -0.3 is 0 Å². The Morgan fingerprint density at radius 3 is 1.53 bits per heavy atom. The smallest absolute Gasteiger partial charge is 0.206 e. The van der Waals surface area contributed by atoms with Crippen molar-refractivity contribution in [2.45, 2.75) is 89.9 Å². The van der Waals surface area contributed by atoms with Crippen LogP contribution in [-0.2, 0) is 24.7 Å². The maximum absolute atomic E-state index is 15.1. The number of halogens is 6. The highest BCUT2D eigenvalue weighted by Crippen LogP contribution is 2.51. The van der Waals surface area contributed by atoms with Crippen molar-refractivity contribution in [2.24, 2.45) is 11.8 Å². The standard InChI is InChI=1S/C28H34F6/c1-3-7-19-13-15-20(16-14-19)17-18-22-10-6-12-24(26(22)30)28(33,34)27(31,32)23-11-5-9-21(8-4-2)25(23)29/h5-6,9-12,19-20H,3-4,7-8,13-18H2,1-2H3. The Morgan fingerprint density at radius 2 is 1.09 bits per heavy atom. The normalized spacial score (nSPS) is 19.4. The van der Waals surface area contributed by atoms with E-state index in [1.165, 1.54) is 24.6 Å². The van der Waals surface area contributed by atoms with Crippen LogP contribution in [-0.4, -0.2) is 0 Å². The first-order valence-corrected chi connectivity index (χ1v) is 12.4. The second-order valence-electron chi connectivity index (χ2n) is 9.67. The lowest BCUT2D eigenvalue weighted by Crippen LogP contribution is -2.37. The van der Waals surface area contributed by atoms with Gasteiger partial charge in [0.05, 0.1) is 11.1 Å². The molecule has 0 saturated heterocycles. The van der Waals surface area contributed by atoms with Gasteiger partial charge in [-0.05, 0) is 54.4 Å². The molecule has 0 spiro atoms. The van der Waals surface area contributed by atoms with Crippen LogP contribution in [0.2, 0.25) is 0 Å². The van der Waals surface area contributed by atoms with Crippen LogP contribution in [0.5, 0.6) is 0 Å². The zero-order valence-corrected chi connectivity index (χ0v) is 20.0. The lowest BCUT2D eigenvalue weighted by molar-refractivity contribution is -0.226. The molecular weight excluding hydrogens is 450 g/mol. The summed E-state index contributed by atoms with van der Waals surface area (Å²) in [6, 6.07) is 6.32. The Morgan fingerprint density at radius 1 is 0.647 bits per heavy atom. The molecule has 6 heteroatoms. The van der Waals surface area contributed by atoms with Crippen LogP contribution in [0.3, 0.4) is 0 Å². The summed E-state index contributed by atoms with van der Waals surface area (Å²) in [5.41, 5.74) is -2.85. The molecule has 1 fully saturated rings. The lowest BCUT2D eigenvalue weighted by atomic mass is 9.78. The summed E-state index contributed by atoms with van der Waals surface area (Å²) < 4.78 is 90.1. The van der Waals surface area contributed by atoms with Crippen molar-refractivity contribution in [3.05, 3.63) is 70.3 Å². The van der Waals surface area contributed by atoms with E-state index in [1.807, 2.05) is 0 Å². The molecule has 0 nitrogen and oxygen atoms in total. The number of hydrogen-bond donors (Lipinski definition) is 0. The molecule has 0 heterocycles. The Hall–Kier alpha value is -1.98. The average Bonchev–Trinajstić information content (AvgIpc) is 2.80. The van der Waals surface area contributed by atoms with E-state index in [2.05, 4.69) is 6.92 Å². The Labute approximate surface area is 198 Å². The second kappa shape index (κ2) is 11.2. The van der Waals surface area contributed by atoms with Crippen molar-refractivity contribution in [1.29, 1.82) is 0 Å².